The molecular weight excluding hydrogens is 306 g/mol. The Morgan fingerprint density at radius 2 is 2.00 bits per heavy atom. The van der Waals surface area contributed by atoms with Crippen LogP contribution in [0.5, 0.6) is 0 Å². The Balaban J connectivity index is 1.82. The van der Waals surface area contributed by atoms with Crippen molar-refractivity contribution in [2.24, 2.45) is 5.92 Å². The highest BCUT2D eigenvalue weighted by atomic mass is 16.5. The van der Waals surface area contributed by atoms with E-state index in [4.69, 9.17) is 4.74 Å². The first-order chi connectivity index (χ1) is 11.5. The van der Waals surface area contributed by atoms with Crippen LogP contribution in [0.1, 0.15) is 43.5 Å². The smallest absolute Gasteiger partial charge is 0.338 e. The first-order valence-corrected chi connectivity index (χ1v) is 8.22. The third-order valence-corrected chi connectivity index (χ3v) is 4.04. The molecule has 0 bridgehead atoms. The van der Waals surface area contributed by atoms with Gasteiger partial charge in [0.15, 0.2) is 0 Å². The van der Waals surface area contributed by atoms with Crippen LogP contribution in [0.4, 0.5) is 5.69 Å². The molecule has 1 atom stereocenters. The van der Waals surface area contributed by atoms with Crippen LogP contribution < -0.4 is 10.6 Å². The summed E-state index contributed by atoms with van der Waals surface area (Å²) >= 11 is 0. The molecule has 128 valence electrons. The number of amides is 1. The molecule has 1 saturated carbocycles. The number of nitrogens with zero attached hydrogens (tertiary/aromatic N) is 1. The van der Waals surface area contributed by atoms with Gasteiger partial charge in [-0.05, 0) is 56.4 Å². The molecule has 2 rings (SSSR count). The molecule has 1 aromatic rings. The van der Waals surface area contributed by atoms with Crippen LogP contribution in [0, 0.1) is 17.2 Å². The van der Waals surface area contributed by atoms with Crippen LogP contribution in [0.15, 0.2) is 24.3 Å². The molecule has 1 fully saturated rings. The maximum absolute atomic E-state index is 12.0. The maximum atomic E-state index is 12.0. The number of carbonyl (C=O) groups is 2. The topological polar surface area (TPSA) is 91.2 Å². The summed E-state index contributed by atoms with van der Waals surface area (Å²) in [5.41, 5.74) is 0.414. The second kappa shape index (κ2) is 7.82. The van der Waals surface area contributed by atoms with Crippen molar-refractivity contribution in [2.75, 3.05) is 18.5 Å². The lowest BCUT2D eigenvalue weighted by molar-refractivity contribution is -0.120. The highest BCUT2D eigenvalue weighted by Crippen LogP contribution is 2.39. The monoisotopic (exact) mass is 329 g/mol. The van der Waals surface area contributed by atoms with Gasteiger partial charge in [-0.2, -0.15) is 5.26 Å². The summed E-state index contributed by atoms with van der Waals surface area (Å²) in [6.07, 6.45) is 2.74. The third kappa shape index (κ3) is 4.72. The summed E-state index contributed by atoms with van der Waals surface area (Å²) < 4.78 is 5.06. The lowest BCUT2D eigenvalue weighted by atomic mass is 9.98. The molecule has 0 spiro atoms. The number of esters is 1. The largest absolute Gasteiger partial charge is 0.462 e. The number of benzene rings is 1. The van der Waals surface area contributed by atoms with Gasteiger partial charge in [-0.3, -0.25) is 4.79 Å². The van der Waals surface area contributed by atoms with Crippen molar-refractivity contribution in [1.82, 2.24) is 5.32 Å². The van der Waals surface area contributed by atoms with Crippen LogP contribution in [-0.2, 0) is 9.53 Å². The number of rotatable bonds is 8. The minimum absolute atomic E-state index is 0.0730. The molecular formula is C18H23N3O3. The summed E-state index contributed by atoms with van der Waals surface area (Å²) in [6, 6.07) is 8.95. The summed E-state index contributed by atoms with van der Waals surface area (Å²) in [6.45, 7) is 4.17. The Morgan fingerprint density at radius 3 is 2.54 bits per heavy atom. The molecule has 0 radical (unpaired) electrons. The average molecular weight is 329 g/mol. The van der Waals surface area contributed by atoms with Gasteiger partial charge in [0.2, 0.25) is 5.91 Å². The van der Waals surface area contributed by atoms with E-state index >= 15 is 0 Å². The summed E-state index contributed by atoms with van der Waals surface area (Å²) in [4.78, 5) is 23.7. The van der Waals surface area contributed by atoms with Crippen molar-refractivity contribution in [1.29, 1.82) is 5.26 Å². The molecule has 1 unspecified atom stereocenters. The molecule has 6 nitrogen and oxygen atoms in total. The fraction of sp³-hybridized carbons (Fsp3) is 0.500. The van der Waals surface area contributed by atoms with Crippen molar-refractivity contribution < 1.29 is 14.3 Å². The number of hydrogen-bond donors (Lipinski definition) is 2. The normalized spacial score (nSPS) is 15.7. The molecule has 0 saturated heterocycles. The van der Waals surface area contributed by atoms with Crippen molar-refractivity contribution >= 4 is 17.6 Å². The Kier molecular flexibility index (Phi) is 5.80. The molecule has 1 aliphatic rings. The van der Waals surface area contributed by atoms with Gasteiger partial charge in [-0.15, -0.1) is 0 Å². The molecule has 0 heterocycles. The SMILES string of the molecule is CCCOC(=O)c1ccc(NCC(=O)NC(C)(C#N)C2CC2)cc1. The second-order valence-electron chi connectivity index (χ2n) is 6.20. The van der Waals surface area contributed by atoms with Gasteiger partial charge in [0.05, 0.1) is 24.8 Å². The highest BCUT2D eigenvalue weighted by Gasteiger charge is 2.42. The third-order valence-electron chi connectivity index (χ3n) is 4.04. The van der Waals surface area contributed by atoms with Gasteiger partial charge in [0, 0.05) is 5.69 Å². The van der Waals surface area contributed by atoms with Gasteiger partial charge >= 0.3 is 5.97 Å². The number of nitriles is 1. The van der Waals surface area contributed by atoms with Gasteiger partial charge in [0.25, 0.3) is 0 Å². The van der Waals surface area contributed by atoms with Crippen LogP contribution in [0.3, 0.4) is 0 Å². The highest BCUT2D eigenvalue weighted by molar-refractivity contribution is 5.90. The van der Waals surface area contributed by atoms with Crippen LogP contribution in [0.25, 0.3) is 0 Å². The fourth-order valence-electron chi connectivity index (χ4n) is 2.40. The predicted octanol–water partition coefficient (Wildman–Crippen LogP) is 2.47. The molecule has 6 heteroatoms. The van der Waals surface area contributed by atoms with E-state index < -0.39 is 5.54 Å². The standard InChI is InChI=1S/C18H23N3O3/c1-3-10-24-17(23)13-4-8-15(9-5-13)20-11-16(22)21-18(2,12-19)14-6-7-14/h4-5,8-9,14,20H,3,6-7,10-11H2,1-2H3,(H,21,22). The molecule has 24 heavy (non-hydrogen) atoms. The lowest BCUT2D eigenvalue weighted by Crippen LogP contribution is -2.48. The molecule has 1 aliphatic carbocycles. The van der Waals surface area contributed by atoms with E-state index in [0.29, 0.717) is 12.2 Å². The molecule has 0 aliphatic heterocycles. The fourth-order valence-corrected chi connectivity index (χ4v) is 2.40. The molecule has 1 aromatic carbocycles. The number of ether oxygens (including phenoxy) is 1. The zero-order valence-corrected chi connectivity index (χ0v) is 14.1. The van der Waals surface area contributed by atoms with E-state index in [1.165, 1.54) is 0 Å². The molecule has 2 N–H and O–H groups in total. The summed E-state index contributed by atoms with van der Waals surface area (Å²) in [5, 5.41) is 15.0. The average Bonchev–Trinajstić information content (AvgIpc) is 3.43. The van der Waals surface area contributed by atoms with E-state index in [0.717, 1.165) is 24.9 Å². The Labute approximate surface area is 142 Å². The second-order valence-corrected chi connectivity index (χ2v) is 6.20. The predicted molar refractivity (Wildman–Crippen MR) is 90.4 cm³/mol. The number of carbonyl (C=O) groups excluding carboxylic acids is 2. The van der Waals surface area contributed by atoms with Gasteiger partial charge in [-0.25, -0.2) is 4.79 Å². The van der Waals surface area contributed by atoms with E-state index in [-0.39, 0.29) is 24.3 Å². The van der Waals surface area contributed by atoms with Gasteiger partial charge in [0.1, 0.15) is 5.54 Å². The number of nitrogens with one attached hydrogen (secondary N) is 2. The van der Waals surface area contributed by atoms with Crippen molar-refractivity contribution in [2.45, 2.75) is 38.6 Å². The van der Waals surface area contributed by atoms with E-state index in [2.05, 4.69) is 16.7 Å². The first kappa shape index (κ1) is 17.8. The van der Waals surface area contributed by atoms with Gasteiger partial charge < -0.3 is 15.4 Å². The van der Waals surface area contributed by atoms with Crippen molar-refractivity contribution in [3.63, 3.8) is 0 Å². The maximum Gasteiger partial charge on any atom is 0.338 e. The lowest BCUT2D eigenvalue weighted by Gasteiger charge is -2.23. The van der Waals surface area contributed by atoms with Crippen LogP contribution in [-0.4, -0.2) is 30.6 Å². The van der Waals surface area contributed by atoms with Gasteiger partial charge in [-0.1, -0.05) is 6.92 Å². The summed E-state index contributed by atoms with van der Waals surface area (Å²) in [7, 11) is 0. The van der Waals surface area contributed by atoms with Crippen molar-refractivity contribution in [3.05, 3.63) is 29.8 Å². The quantitative estimate of drug-likeness (QED) is 0.715. The Morgan fingerprint density at radius 1 is 1.33 bits per heavy atom. The number of anilines is 1. The van der Waals surface area contributed by atoms with Crippen LogP contribution >= 0.6 is 0 Å². The zero-order valence-electron chi connectivity index (χ0n) is 14.1. The molecule has 0 aromatic heterocycles. The van der Waals surface area contributed by atoms with E-state index in [9.17, 15) is 14.9 Å². The minimum atomic E-state index is -0.786. The minimum Gasteiger partial charge on any atom is -0.462 e. The molecule has 1 amide bonds. The summed E-state index contributed by atoms with van der Waals surface area (Å²) in [5.74, 6) is -0.326. The van der Waals surface area contributed by atoms with Crippen molar-refractivity contribution in [3.8, 4) is 6.07 Å². The zero-order chi connectivity index (χ0) is 17.6. The number of hydrogen-bond acceptors (Lipinski definition) is 5. The van der Waals surface area contributed by atoms with E-state index in [1.54, 1.807) is 31.2 Å². The Hall–Kier alpha value is -2.55. The van der Waals surface area contributed by atoms with Crippen LogP contribution in [0.2, 0.25) is 0 Å². The first-order valence-electron chi connectivity index (χ1n) is 8.22. The Bertz CT molecular complexity index is 632. The van der Waals surface area contributed by atoms with E-state index in [1.807, 2.05) is 6.92 Å².